The third-order valence-electron chi connectivity index (χ3n) is 5.10. The molecule has 0 spiro atoms. The fourth-order valence-electron chi connectivity index (χ4n) is 4.08. The van der Waals surface area contributed by atoms with Gasteiger partial charge in [0.05, 0.1) is 6.54 Å². The zero-order valence-electron chi connectivity index (χ0n) is 12.9. The van der Waals surface area contributed by atoms with Gasteiger partial charge in [-0.05, 0) is 30.7 Å². The molecule has 2 fully saturated rings. The first kappa shape index (κ1) is 14.6. The summed E-state index contributed by atoms with van der Waals surface area (Å²) < 4.78 is 0. The average Bonchev–Trinajstić information content (AvgIpc) is 2.92. The summed E-state index contributed by atoms with van der Waals surface area (Å²) >= 11 is 0. The SMILES string of the molecule is CCC(C1CCCCC1)N1C(=O)CNC1c1ccccc1. The van der Waals surface area contributed by atoms with Crippen molar-refractivity contribution in [2.24, 2.45) is 5.92 Å². The number of nitrogens with one attached hydrogen (secondary N) is 1. The molecule has 1 saturated heterocycles. The highest BCUT2D eigenvalue weighted by molar-refractivity contribution is 5.81. The monoisotopic (exact) mass is 286 g/mol. The smallest absolute Gasteiger partial charge is 0.238 e. The highest BCUT2D eigenvalue weighted by Gasteiger charge is 2.39. The molecular weight excluding hydrogens is 260 g/mol. The first-order valence-electron chi connectivity index (χ1n) is 8.40. The average molecular weight is 286 g/mol. The molecule has 21 heavy (non-hydrogen) atoms. The van der Waals surface area contributed by atoms with E-state index in [2.05, 4.69) is 41.4 Å². The van der Waals surface area contributed by atoms with Crippen molar-refractivity contribution in [3.8, 4) is 0 Å². The Labute approximate surface area is 127 Å². The van der Waals surface area contributed by atoms with Gasteiger partial charge in [-0.3, -0.25) is 10.1 Å². The van der Waals surface area contributed by atoms with E-state index < -0.39 is 0 Å². The quantitative estimate of drug-likeness (QED) is 0.919. The second-order valence-electron chi connectivity index (χ2n) is 6.37. The Morgan fingerprint density at radius 3 is 2.57 bits per heavy atom. The summed E-state index contributed by atoms with van der Waals surface area (Å²) in [4.78, 5) is 14.6. The third-order valence-corrected chi connectivity index (χ3v) is 5.10. The standard InChI is InChI=1S/C18H26N2O/c1-2-16(14-9-5-3-6-10-14)20-17(21)13-19-18(20)15-11-7-4-8-12-15/h4,7-8,11-12,14,16,18-19H,2-3,5-6,9-10,13H2,1H3. The Hall–Kier alpha value is -1.35. The van der Waals surface area contributed by atoms with Crippen LogP contribution >= 0.6 is 0 Å². The molecule has 1 aromatic rings. The lowest BCUT2D eigenvalue weighted by Gasteiger charge is -2.39. The molecule has 114 valence electrons. The molecule has 1 heterocycles. The molecule has 3 nitrogen and oxygen atoms in total. The normalized spacial score (nSPS) is 25.3. The van der Waals surface area contributed by atoms with E-state index in [1.165, 1.54) is 37.7 Å². The number of hydrogen-bond donors (Lipinski definition) is 1. The van der Waals surface area contributed by atoms with E-state index in [1.807, 2.05) is 6.07 Å². The lowest BCUT2D eigenvalue weighted by Crippen LogP contribution is -2.44. The van der Waals surface area contributed by atoms with Gasteiger partial charge in [0.25, 0.3) is 0 Å². The van der Waals surface area contributed by atoms with E-state index in [1.54, 1.807) is 0 Å². The largest absolute Gasteiger partial charge is 0.319 e. The van der Waals surface area contributed by atoms with Crippen molar-refractivity contribution >= 4 is 5.91 Å². The molecular formula is C18H26N2O. The molecule has 2 unspecified atom stereocenters. The van der Waals surface area contributed by atoms with Crippen LogP contribution in [0, 0.1) is 5.92 Å². The second-order valence-corrected chi connectivity index (χ2v) is 6.37. The molecule has 1 amide bonds. The minimum atomic E-state index is 0.0607. The zero-order valence-corrected chi connectivity index (χ0v) is 12.9. The summed E-state index contributed by atoms with van der Waals surface area (Å²) in [5.74, 6) is 0.945. The minimum Gasteiger partial charge on any atom is -0.319 e. The van der Waals surface area contributed by atoms with E-state index in [-0.39, 0.29) is 12.1 Å². The van der Waals surface area contributed by atoms with Crippen molar-refractivity contribution in [2.45, 2.75) is 57.7 Å². The van der Waals surface area contributed by atoms with Crippen LogP contribution in [0.2, 0.25) is 0 Å². The van der Waals surface area contributed by atoms with Crippen LogP contribution < -0.4 is 5.32 Å². The maximum atomic E-state index is 12.5. The van der Waals surface area contributed by atoms with Crippen LogP contribution in [0.5, 0.6) is 0 Å². The van der Waals surface area contributed by atoms with Gasteiger partial charge >= 0.3 is 0 Å². The van der Waals surface area contributed by atoms with Crippen molar-refractivity contribution in [3.05, 3.63) is 35.9 Å². The first-order valence-corrected chi connectivity index (χ1v) is 8.40. The molecule has 1 N–H and O–H groups in total. The number of benzene rings is 1. The lowest BCUT2D eigenvalue weighted by molar-refractivity contribution is -0.132. The first-order chi connectivity index (χ1) is 10.3. The zero-order chi connectivity index (χ0) is 14.7. The molecule has 3 heteroatoms. The molecule has 1 aliphatic heterocycles. The highest BCUT2D eigenvalue weighted by atomic mass is 16.2. The van der Waals surface area contributed by atoms with Crippen molar-refractivity contribution in [2.75, 3.05) is 6.54 Å². The Bertz CT molecular complexity index is 467. The number of carbonyl (C=O) groups excluding carboxylic acids is 1. The van der Waals surface area contributed by atoms with Crippen LogP contribution in [0.4, 0.5) is 0 Å². The fraction of sp³-hybridized carbons (Fsp3) is 0.611. The van der Waals surface area contributed by atoms with E-state index in [0.29, 0.717) is 18.5 Å². The van der Waals surface area contributed by atoms with Gasteiger partial charge in [0.2, 0.25) is 5.91 Å². The van der Waals surface area contributed by atoms with E-state index in [9.17, 15) is 4.79 Å². The highest BCUT2D eigenvalue weighted by Crippen LogP contribution is 2.35. The van der Waals surface area contributed by atoms with Crippen LogP contribution in [0.25, 0.3) is 0 Å². The number of amides is 1. The lowest BCUT2D eigenvalue weighted by atomic mass is 9.82. The van der Waals surface area contributed by atoms with Crippen molar-refractivity contribution in [1.29, 1.82) is 0 Å². The number of hydrogen-bond acceptors (Lipinski definition) is 2. The summed E-state index contributed by atoms with van der Waals surface area (Å²) in [6.45, 7) is 2.70. The topological polar surface area (TPSA) is 32.3 Å². The molecule has 1 aliphatic carbocycles. The van der Waals surface area contributed by atoms with E-state index in [0.717, 1.165) is 6.42 Å². The Kier molecular flexibility index (Phi) is 4.59. The van der Waals surface area contributed by atoms with Crippen LogP contribution in [-0.4, -0.2) is 23.4 Å². The van der Waals surface area contributed by atoms with E-state index in [4.69, 9.17) is 0 Å². The Morgan fingerprint density at radius 1 is 1.19 bits per heavy atom. The van der Waals surface area contributed by atoms with Crippen LogP contribution in [0.3, 0.4) is 0 Å². The van der Waals surface area contributed by atoms with Gasteiger partial charge in [-0.15, -0.1) is 0 Å². The van der Waals surface area contributed by atoms with Crippen molar-refractivity contribution in [1.82, 2.24) is 10.2 Å². The van der Waals surface area contributed by atoms with Gasteiger partial charge in [-0.2, -0.15) is 0 Å². The maximum Gasteiger partial charge on any atom is 0.238 e. The molecule has 1 saturated carbocycles. The Morgan fingerprint density at radius 2 is 1.90 bits per heavy atom. The fourth-order valence-corrected chi connectivity index (χ4v) is 4.08. The Balaban J connectivity index is 1.83. The molecule has 2 aliphatic rings. The van der Waals surface area contributed by atoms with Gasteiger partial charge in [0, 0.05) is 6.04 Å². The molecule has 3 rings (SSSR count). The van der Waals surface area contributed by atoms with Gasteiger partial charge in [-0.25, -0.2) is 0 Å². The summed E-state index contributed by atoms with van der Waals surface area (Å²) in [5.41, 5.74) is 1.21. The van der Waals surface area contributed by atoms with Crippen LogP contribution in [0.1, 0.15) is 57.2 Å². The molecule has 0 radical (unpaired) electrons. The maximum absolute atomic E-state index is 12.5. The van der Waals surface area contributed by atoms with Crippen molar-refractivity contribution < 1.29 is 4.79 Å². The number of carbonyl (C=O) groups is 1. The summed E-state index contributed by atoms with van der Waals surface area (Å²) in [7, 11) is 0. The predicted molar refractivity (Wildman–Crippen MR) is 84.7 cm³/mol. The summed E-state index contributed by atoms with van der Waals surface area (Å²) in [6, 6.07) is 10.8. The summed E-state index contributed by atoms with van der Waals surface area (Å²) in [6.07, 6.45) is 7.70. The van der Waals surface area contributed by atoms with Gasteiger partial charge in [0.1, 0.15) is 6.17 Å². The summed E-state index contributed by atoms with van der Waals surface area (Å²) in [5, 5.41) is 3.40. The third kappa shape index (κ3) is 2.98. The molecule has 0 aromatic heterocycles. The molecule has 0 bridgehead atoms. The van der Waals surface area contributed by atoms with Crippen LogP contribution in [-0.2, 0) is 4.79 Å². The van der Waals surface area contributed by atoms with Gasteiger partial charge < -0.3 is 4.90 Å². The van der Waals surface area contributed by atoms with E-state index >= 15 is 0 Å². The van der Waals surface area contributed by atoms with Gasteiger partial charge in [0.15, 0.2) is 0 Å². The van der Waals surface area contributed by atoms with Crippen LogP contribution in [0.15, 0.2) is 30.3 Å². The molecule has 1 aromatic carbocycles. The minimum absolute atomic E-state index is 0.0607. The molecule has 2 atom stereocenters. The number of nitrogens with zero attached hydrogens (tertiary/aromatic N) is 1. The van der Waals surface area contributed by atoms with Crippen molar-refractivity contribution in [3.63, 3.8) is 0 Å². The predicted octanol–water partition coefficient (Wildman–Crippen LogP) is 3.48. The van der Waals surface area contributed by atoms with Gasteiger partial charge in [-0.1, -0.05) is 56.5 Å². The second kappa shape index (κ2) is 6.61. The number of rotatable bonds is 4.